The molecule has 0 saturated heterocycles. The van der Waals surface area contributed by atoms with Crippen LogP contribution in [0, 0.1) is 0 Å². The molecule has 0 saturated carbocycles. The molecule has 6 heterocycles. The summed E-state index contributed by atoms with van der Waals surface area (Å²) >= 11 is 0. The zero-order valence-corrected chi connectivity index (χ0v) is 30.6. The zero-order valence-electron chi connectivity index (χ0n) is 30.6. The first-order valence-corrected chi connectivity index (χ1v) is 19.0. The second-order valence-corrected chi connectivity index (χ2v) is 14.1. The SMILES string of the molecule is C1=Cc2nc1c(-c1ccccc1)c1ccc([nH]1)c(-c1ccccc1)c1nc(c(-c3ccccc3)c3ccc([nH]3)c2-c2ccccc2)C(c2nc3ccccc3o2)=C1. The number of rotatable bonds is 5. The Kier molecular flexibility index (Phi) is 7.71. The van der Waals surface area contributed by atoms with Gasteiger partial charge in [0, 0.05) is 44.3 Å². The van der Waals surface area contributed by atoms with Gasteiger partial charge in [-0.2, -0.15) is 0 Å². The predicted octanol–water partition coefficient (Wildman–Crippen LogP) is 12.9. The van der Waals surface area contributed by atoms with Gasteiger partial charge in [0.15, 0.2) is 5.58 Å². The molecule has 0 amide bonds. The van der Waals surface area contributed by atoms with E-state index in [2.05, 4.69) is 150 Å². The molecule has 0 fully saturated rings. The third-order valence-corrected chi connectivity index (χ3v) is 10.6. The smallest absolute Gasteiger partial charge is 0.229 e. The zero-order chi connectivity index (χ0) is 37.7. The minimum Gasteiger partial charge on any atom is -0.436 e. The molecule has 6 nitrogen and oxygen atoms in total. The summed E-state index contributed by atoms with van der Waals surface area (Å²) in [5.74, 6) is 0.507. The van der Waals surface area contributed by atoms with Crippen LogP contribution in [-0.4, -0.2) is 24.9 Å². The Labute approximate surface area is 328 Å². The minimum atomic E-state index is 0.507. The summed E-state index contributed by atoms with van der Waals surface area (Å²) in [6, 6.07) is 58.3. The van der Waals surface area contributed by atoms with E-state index in [-0.39, 0.29) is 0 Å². The highest BCUT2D eigenvalue weighted by atomic mass is 16.3. The maximum absolute atomic E-state index is 6.54. The summed E-state index contributed by atoms with van der Waals surface area (Å²) in [7, 11) is 0. The van der Waals surface area contributed by atoms with Crippen molar-refractivity contribution < 1.29 is 4.42 Å². The van der Waals surface area contributed by atoms with Crippen molar-refractivity contribution in [3.05, 3.63) is 199 Å². The van der Waals surface area contributed by atoms with Crippen molar-refractivity contribution in [2.45, 2.75) is 0 Å². The number of para-hydroxylation sites is 2. The highest BCUT2D eigenvalue weighted by Gasteiger charge is 2.26. The van der Waals surface area contributed by atoms with Crippen LogP contribution in [0.2, 0.25) is 0 Å². The molecule has 0 unspecified atom stereocenters. The molecule has 8 bridgehead atoms. The van der Waals surface area contributed by atoms with Gasteiger partial charge in [-0.05, 0) is 76.9 Å². The van der Waals surface area contributed by atoms with E-state index < -0.39 is 0 Å². The first-order valence-electron chi connectivity index (χ1n) is 19.0. The summed E-state index contributed by atoms with van der Waals surface area (Å²) in [5.41, 5.74) is 17.4. The molecule has 6 heteroatoms. The largest absolute Gasteiger partial charge is 0.436 e. The van der Waals surface area contributed by atoms with E-state index in [1.54, 1.807) is 0 Å². The van der Waals surface area contributed by atoms with Crippen LogP contribution in [0.15, 0.2) is 174 Å². The quantitative estimate of drug-likeness (QED) is 0.185. The number of nitrogens with one attached hydrogen (secondary N) is 2. The van der Waals surface area contributed by atoms with E-state index >= 15 is 0 Å². The Hall–Kier alpha value is -7.83. The van der Waals surface area contributed by atoms with E-state index in [0.29, 0.717) is 5.89 Å². The molecule has 0 atom stereocenters. The summed E-state index contributed by atoms with van der Waals surface area (Å²) < 4.78 is 6.54. The van der Waals surface area contributed by atoms with Gasteiger partial charge in [-0.1, -0.05) is 133 Å². The molecule has 2 aliphatic heterocycles. The first kappa shape index (κ1) is 32.6. The second-order valence-electron chi connectivity index (χ2n) is 14.1. The predicted molar refractivity (Wildman–Crippen MR) is 233 cm³/mol. The van der Waals surface area contributed by atoms with Crippen LogP contribution in [-0.2, 0) is 0 Å². The molecule has 5 aromatic carbocycles. The van der Waals surface area contributed by atoms with E-state index in [1.165, 1.54) is 0 Å². The Balaban J connectivity index is 1.35. The Bertz CT molecular complexity index is 3180. The Morgan fingerprint density at radius 3 is 1.28 bits per heavy atom. The van der Waals surface area contributed by atoms with Crippen LogP contribution >= 0.6 is 0 Å². The number of hydrogen-bond acceptors (Lipinski definition) is 4. The molecule has 11 rings (SSSR count). The standard InChI is InChI=1S/C51H33N5O/c1-5-15-32(16-6-1)46-38-25-26-39(52-38)47(33-17-7-2-8-18-33)41-29-30-43(54-41)49(35-21-11-4-12-22-35)50-36(51-56-37-23-13-14-24-45(37)57-51)31-44(55-50)48(34-19-9-3-10-20-34)42-28-27-40(46)53-42/h1-31,53-54H. The van der Waals surface area contributed by atoms with Crippen molar-refractivity contribution in [2.75, 3.05) is 0 Å². The first-order chi connectivity index (χ1) is 28.2. The van der Waals surface area contributed by atoms with Gasteiger partial charge in [-0.15, -0.1) is 0 Å². The van der Waals surface area contributed by atoms with Gasteiger partial charge in [0.25, 0.3) is 0 Å². The van der Waals surface area contributed by atoms with Gasteiger partial charge in [-0.25, -0.2) is 15.0 Å². The number of hydrogen-bond donors (Lipinski definition) is 2. The van der Waals surface area contributed by atoms with Crippen molar-refractivity contribution in [1.82, 2.24) is 24.9 Å². The van der Waals surface area contributed by atoms with Crippen LogP contribution in [0.3, 0.4) is 0 Å². The molecule has 2 N–H and O–H groups in total. The number of oxazole rings is 1. The van der Waals surface area contributed by atoms with Crippen LogP contribution in [0.25, 0.3) is 101 Å². The molecule has 0 aliphatic carbocycles. The third kappa shape index (κ3) is 5.70. The van der Waals surface area contributed by atoms with E-state index in [1.807, 2.05) is 48.5 Å². The maximum atomic E-state index is 6.54. The number of nitrogens with zero attached hydrogens (tertiary/aromatic N) is 3. The summed E-state index contributed by atoms with van der Waals surface area (Å²) in [4.78, 5) is 23.7. The van der Waals surface area contributed by atoms with Crippen LogP contribution in [0.4, 0.5) is 0 Å². The monoisotopic (exact) mass is 731 g/mol. The highest BCUT2D eigenvalue weighted by Crippen LogP contribution is 2.42. The topological polar surface area (TPSA) is 83.4 Å². The molecule has 0 radical (unpaired) electrons. The lowest BCUT2D eigenvalue weighted by atomic mass is 9.99. The number of fused-ring (bicyclic) bond motifs is 9. The fraction of sp³-hybridized carbons (Fsp3) is 0. The lowest BCUT2D eigenvalue weighted by Gasteiger charge is -2.08. The average Bonchev–Trinajstić information content (AvgIpc) is 4.12. The van der Waals surface area contributed by atoms with Crippen LogP contribution < -0.4 is 0 Å². The van der Waals surface area contributed by atoms with Gasteiger partial charge >= 0.3 is 0 Å². The molecule has 0 spiro atoms. The lowest BCUT2D eigenvalue weighted by Crippen LogP contribution is -1.92. The second kappa shape index (κ2) is 13.5. The lowest BCUT2D eigenvalue weighted by molar-refractivity contribution is 0.585. The van der Waals surface area contributed by atoms with E-state index in [4.69, 9.17) is 19.4 Å². The number of H-pyrrole nitrogens is 2. The third-order valence-electron chi connectivity index (χ3n) is 10.6. The van der Waals surface area contributed by atoms with Gasteiger partial charge in [0.2, 0.25) is 5.89 Å². The fourth-order valence-electron chi connectivity index (χ4n) is 8.06. The summed E-state index contributed by atoms with van der Waals surface area (Å²) in [6.07, 6.45) is 6.38. The molecule has 57 heavy (non-hydrogen) atoms. The average molecular weight is 732 g/mol. The minimum absolute atomic E-state index is 0.507. The van der Waals surface area contributed by atoms with Crippen molar-refractivity contribution in [3.8, 4) is 44.5 Å². The molecule has 2 aliphatic rings. The van der Waals surface area contributed by atoms with Gasteiger partial charge in [0.1, 0.15) is 5.52 Å². The summed E-state index contributed by atoms with van der Waals surface area (Å²) in [5, 5.41) is 0. The molecule has 268 valence electrons. The Morgan fingerprint density at radius 2 is 0.789 bits per heavy atom. The normalized spacial score (nSPS) is 12.2. The molecular weight excluding hydrogens is 699 g/mol. The molecule has 9 aromatic rings. The van der Waals surface area contributed by atoms with Crippen molar-refractivity contribution in [3.63, 3.8) is 0 Å². The van der Waals surface area contributed by atoms with Gasteiger partial charge < -0.3 is 14.4 Å². The van der Waals surface area contributed by atoms with Crippen molar-refractivity contribution >= 4 is 57.0 Å². The van der Waals surface area contributed by atoms with E-state index in [9.17, 15) is 0 Å². The fourth-order valence-corrected chi connectivity index (χ4v) is 8.06. The van der Waals surface area contributed by atoms with Crippen LogP contribution in [0.5, 0.6) is 0 Å². The molecular formula is C51H33N5O. The number of aromatic amines is 2. The van der Waals surface area contributed by atoms with Gasteiger partial charge in [0.05, 0.1) is 28.3 Å². The van der Waals surface area contributed by atoms with E-state index in [0.717, 1.165) is 106 Å². The van der Waals surface area contributed by atoms with Crippen LogP contribution in [0.1, 0.15) is 28.7 Å². The Morgan fingerprint density at radius 1 is 0.368 bits per heavy atom. The maximum Gasteiger partial charge on any atom is 0.229 e. The molecule has 4 aromatic heterocycles. The number of benzene rings is 5. The van der Waals surface area contributed by atoms with Gasteiger partial charge in [-0.3, -0.25) is 0 Å². The van der Waals surface area contributed by atoms with Crippen molar-refractivity contribution in [2.24, 2.45) is 0 Å². The highest BCUT2D eigenvalue weighted by molar-refractivity contribution is 6.04. The summed E-state index contributed by atoms with van der Waals surface area (Å²) in [6.45, 7) is 0. The number of aromatic nitrogens is 5. The van der Waals surface area contributed by atoms with Crippen molar-refractivity contribution in [1.29, 1.82) is 0 Å².